The average Bonchev–Trinajstić information content (AvgIpc) is 2.68. The van der Waals surface area contributed by atoms with Crippen LogP contribution in [-0.4, -0.2) is 36.3 Å². The van der Waals surface area contributed by atoms with E-state index in [0.29, 0.717) is 5.88 Å². The summed E-state index contributed by atoms with van der Waals surface area (Å²) < 4.78 is 10.1. The SMILES string of the molecule is CC.COC(N)=NC1CCc2c(cccc2-c2cncc(OC)n2)C1. The maximum absolute atomic E-state index is 5.67. The van der Waals surface area contributed by atoms with E-state index in [9.17, 15) is 0 Å². The van der Waals surface area contributed by atoms with Gasteiger partial charge in [0.1, 0.15) is 0 Å². The van der Waals surface area contributed by atoms with Gasteiger partial charge in [-0.3, -0.25) is 4.98 Å². The number of hydrogen-bond acceptors (Lipinski definition) is 5. The topological polar surface area (TPSA) is 82.6 Å². The molecule has 0 saturated heterocycles. The summed E-state index contributed by atoms with van der Waals surface area (Å²) in [5.74, 6) is 0.520. The van der Waals surface area contributed by atoms with Crippen LogP contribution in [-0.2, 0) is 17.6 Å². The summed E-state index contributed by atoms with van der Waals surface area (Å²) >= 11 is 0. The van der Waals surface area contributed by atoms with Gasteiger partial charge in [-0.2, -0.15) is 0 Å². The van der Waals surface area contributed by atoms with E-state index in [1.807, 2.05) is 19.9 Å². The lowest BCUT2D eigenvalue weighted by Gasteiger charge is -2.24. The Balaban J connectivity index is 0.00000109. The number of nitrogens with zero attached hydrogens (tertiary/aromatic N) is 3. The molecule has 0 aliphatic heterocycles. The average molecular weight is 342 g/mol. The number of methoxy groups -OCH3 is 2. The van der Waals surface area contributed by atoms with Crippen LogP contribution in [0.1, 0.15) is 31.4 Å². The van der Waals surface area contributed by atoms with Gasteiger partial charge < -0.3 is 15.2 Å². The lowest BCUT2D eigenvalue weighted by molar-refractivity contribution is 0.387. The first kappa shape index (κ1) is 18.7. The van der Waals surface area contributed by atoms with Crippen LogP contribution in [0.5, 0.6) is 5.88 Å². The van der Waals surface area contributed by atoms with Gasteiger partial charge in [-0.1, -0.05) is 32.0 Å². The minimum atomic E-state index is 0.161. The van der Waals surface area contributed by atoms with Gasteiger partial charge in [0.25, 0.3) is 6.02 Å². The van der Waals surface area contributed by atoms with Crippen molar-refractivity contribution in [3.63, 3.8) is 0 Å². The van der Waals surface area contributed by atoms with Gasteiger partial charge in [0.15, 0.2) is 0 Å². The van der Waals surface area contributed by atoms with Gasteiger partial charge in [0.05, 0.1) is 38.3 Å². The Morgan fingerprint density at radius 2 is 2.04 bits per heavy atom. The van der Waals surface area contributed by atoms with Crippen LogP contribution < -0.4 is 10.5 Å². The lowest BCUT2D eigenvalue weighted by atomic mass is 9.85. The van der Waals surface area contributed by atoms with Gasteiger partial charge in [0, 0.05) is 5.56 Å². The van der Waals surface area contributed by atoms with Gasteiger partial charge in [-0.15, -0.1) is 0 Å². The molecule has 1 atom stereocenters. The van der Waals surface area contributed by atoms with Crippen molar-refractivity contribution < 1.29 is 9.47 Å². The van der Waals surface area contributed by atoms with Crippen molar-refractivity contribution in [1.29, 1.82) is 0 Å². The summed E-state index contributed by atoms with van der Waals surface area (Å²) in [4.78, 5) is 13.1. The maximum Gasteiger partial charge on any atom is 0.281 e. The Hall–Kier alpha value is -2.63. The summed E-state index contributed by atoms with van der Waals surface area (Å²) in [6.45, 7) is 4.00. The van der Waals surface area contributed by atoms with Crippen LogP contribution >= 0.6 is 0 Å². The highest BCUT2D eigenvalue weighted by atomic mass is 16.5. The van der Waals surface area contributed by atoms with Crippen LogP contribution in [0.2, 0.25) is 0 Å². The summed E-state index contributed by atoms with van der Waals surface area (Å²) in [6.07, 6.45) is 6.09. The molecule has 1 aromatic carbocycles. The molecule has 0 fully saturated rings. The van der Waals surface area contributed by atoms with Gasteiger partial charge >= 0.3 is 0 Å². The van der Waals surface area contributed by atoms with Crippen molar-refractivity contribution >= 4 is 6.02 Å². The minimum Gasteiger partial charge on any atom is -0.480 e. The molecule has 1 heterocycles. The van der Waals surface area contributed by atoms with Crippen molar-refractivity contribution in [3.8, 4) is 17.1 Å². The number of hydrogen-bond donors (Lipinski definition) is 1. The van der Waals surface area contributed by atoms with E-state index in [-0.39, 0.29) is 12.1 Å². The van der Waals surface area contributed by atoms with Crippen molar-refractivity contribution in [2.75, 3.05) is 14.2 Å². The van der Waals surface area contributed by atoms with Gasteiger partial charge in [-0.05, 0) is 30.4 Å². The van der Waals surface area contributed by atoms with Gasteiger partial charge in [0.2, 0.25) is 5.88 Å². The molecule has 0 bridgehead atoms. The van der Waals surface area contributed by atoms with E-state index in [2.05, 4.69) is 27.1 Å². The number of nitrogens with two attached hydrogens (primary N) is 1. The molecule has 0 amide bonds. The second-order valence-electron chi connectivity index (χ2n) is 5.46. The molecule has 134 valence electrons. The monoisotopic (exact) mass is 342 g/mol. The molecule has 1 unspecified atom stereocenters. The molecular weight excluding hydrogens is 316 g/mol. The molecule has 1 aromatic heterocycles. The predicted molar refractivity (Wildman–Crippen MR) is 99.8 cm³/mol. The molecule has 1 aliphatic rings. The smallest absolute Gasteiger partial charge is 0.281 e. The second-order valence-corrected chi connectivity index (χ2v) is 5.46. The van der Waals surface area contributed by atoms with Crippen molar-refractivity contribution in [1.82, 2.24) is 9.97 Å². The number of aromatic nitrogens is 2. The molecule has 25 heavy (non-hydrogen) atoms. The van der Waals surface area contributed by atoms with E-state index in [4.69, 9.17) is 15.2 Å². The molecule has 2 N–H and O–H groups in total. The van der Waals surface area contributed by atoms with E-state index in [0.717, 1.165) is 30.5 Å². The van der Waals surface area contributed by atoms with Crippen LogP contribution in [0, 0.1) is 0 Å². The van der Waals surface area contributed by atoms with Crippen LogP contribution in [0.4, 0.5) is 0 Å². The van der Waals surface area contributed by atoms with E-state index in [1.165, 1.54) is 18.2 Å². The maximum atomic E-state index is 5.67. The summed E-state index contributed by atoms with van der Waals surface area (Å²) in [5.41, 5.74) is 10.2. The van der Waals surface area contributed by atoms with Crippen molar-refractivity contribution in [2.45, 2.75) is 39.2 Å². The normalized spacial score (nSPS) is 16.3. The summed E-state index contributed by atoms with van der Waals surface area (Å²) in [7, 11) is 3.13. The zero-order valence-electron chi connectivity index (χ0n) is 15.3. The molecule has 0 radical (unpaired) electrons. The fourth-order valence-corrected chi connectivity index (χ4v) is 2.95. The number of aliphatic imine (C=N–C) groups is 1. The minimum absolute atomic E-state index is 0.161. The highest BCUT2D eigenvalue weighted by Gasteiger charge is 2.21. The zero-order valence-corrected chi connectivity index (χ0v) is 15.3. The molecule has 3 rings (SSSR count). The zero-order chi connectivity index (χ0) is 18.2. The third-order valence-electron chi connectivity index (χ3n) is 4.07. The third kappa shape index (κ3) is 4.47. The molecule has 0 spiro atoms. The Kier molecular flexibility index (Phi) is 6.74. The Bertz CT molecular complexity index is 731. The first-order chi connectivity index (χ1) is 12.2. The van der Waals surface area contributed by atoms with E-state index in [1.54, 1.807) is 19.5 Å². The quantitative estimate of drug-likeness (QED) is 0.685. The van der Waals surface area contributed by atoms with Crippen LogP contribution in [0.3, 0.4) is 0 Å². The molecule has 6 heteroatoms. The largest absolute Gasteiger partial charge is 0.480 e. The summed E-state index contributed by atoms with van der Waals surface area (Å²) in [6, 6.07) is 6.66. The molecule has 1 aliphatic carbocycles. The number of fused-ring (bicyclic) bond motifs is 1. The predicted octanol–water partition coefficient (Wildman–Crippen LogP) is 3.00. The van der Waals surface area contributed by atoms with E-state index < -0.39 is 0 Å². The molecule has 2 aromatic rings. The third-order valence-corrected chi connectivity index (χ3v) is 4.07. The molecular formula is C19H26N4O2. The standard InChI is InChI=1S/C17H20N4O2.C2H6/c1-22-16-10-19-9-15(21-16)14-5-3-4-11-8-12(6-7-13(11)14)20-17(18)23-2;1-2/h3-5,9-10,12H,6-8H2,1-2H3,(H2,18,20);1-2H3. The Morgan fingerprint density at radius 3 is 2.76 bits per heavy atom. The van der Waals surface area contributed by atoms with Crippen LogP contribution in [0.15, 0.2) is 35.6 Å². The molecule has 6 nitrogen and oxygen atoms in total. The fourth-order valence-electron chi connectivity index (χ4n) is 2.95. The van der Waals surface area contributed by atoms with Gasteiger partial charge in [-0.25, -0.2) is 9.98 Å². The van der Waals surface area contributed by atoms with Crippen molar-refractivity contribution in [2.24, 2.45) is 10.7 Å². The Morgan fingerprint density at radius 1 is 1.24 bits per heavy atom. The van der Waals surface area contributed by atoms with E-state index >= 15 is 0 Å². The Labute approximate surface area is 149 Å². The van der Waals surface area contributed by atoms with Crippen LogP contribution in [0.25, 0.3) is 11.3 Å². The highest BCUT2D eigenvalue weighted by Crippen LogP contribution is 2.32. The molecule has 0 saturated carbocycles. The lowest BCUT2D eigenvalue weighted by Crippen LogP contribution is -2.23. The fraction of sp³-hybridized carbons (Fsp3) is 0.421. The highest BCUT2D eigenvalue weighted by molar-refractivity contribution is 5.71. The second kappa shape index (κ2) is 9.01. The van der Waals surface area contributed by atoms with Crippen molar-refractivity contribution in [3.05, 3.63) is 41.7 Å². The summed E-state index contributed by atoms with van der Waals surface area (Å²) in [5, 5.41) is 0. The number of ether oxygens (including phenoxy) is 2. The first-order valence-corrected chi connectivity index (χ1v) is 8.55. The number of benzene rings is 1. The number of rotatable bonds is 3. The number of amidine groups is 1. The first-order valence-electron chi connectivity index (χ1n) is 8.55.